The van der Waals surface area contributed by atoms with E-state index in [9.17, 15) is 9.59 Å². The number of hydrogen-bond donors (Lipinski definition) is 1. The third-order valence-electron chi connectivity index (χ3n) is 7.04. The van der Waals surface area contributed by atoms with Crippen LogP contribution in [-0.2, 0) is 25.7 Å². The van der Waals surface area contributed by atoms with Crippen molar-refractivity contribution in [2.45, 2.75) is 57.3 Å². The van der Waals surface area contributed by atoms with Gasteiger partial charge in [-0.25, -0.2) is 0 Å². The van der Waals surface area contributed by atoms with E-state index in [4.69, 9.17) is 9.47 Å². The average molecular weight is 444 g/mol. The van der Waals surface area contributed by atoms with Gasteiger partial charge in [-0.2, -0.15) is 0 Å². The number of hydrogen-bond acceptors (Lipinski definition) is 5. The number of nitrogens with zero attached hydrogens (tertiary/aromatic N) is 2. The van der Waals surface area contributed by atoms with Crippen molar-refractivity contribution in [3.8, 4) is 0 Å². The van der Waals surface area contributed by atoms with Gasteiger partial charge in [0.2, 0.25) is 11.8 Å². The third-order valence-corrected chi connectivity index (χ3v) is 7.04. The summed E-state index contributed by atoms with van der Waals surface area (Å²) in [6.45, 7) is 4.73. The van der Waals surface area contributed by atoms with E-state index in [0.29, 0.717) is 32.2 Å². The fourth-order valence-corrected chi connectivity index (χ4v) is 5.25. The topological polar surface area (TPSA) is 71.1 Å². The van der Waals surface area contributed by atoms with Crippen LogP contribution >= 0.6 is 0 Å². The molecule has 3 aliphatic rings. The summed E-state index contributed by atoms with van der Waals surface area (Å²) in [7, 11) is 0. The normalized spacial score (nSPS) is 23.4. The molecule has 2 atom stereocenters. The minimum atomic E-state index is -0.0921. The van der Waals surface area contributed by atoms with Crippen molar-refractivity contribution in [3.05, 3.63) is 35.9 Å². The van der Waals surface area contributed by atoms with E-state index in [1.54, 1.807) is 0 Å². The molecule has 0 aromatic heterocycles. The lowest BCUT2D eigenvalue weighted by atomic mass is 9.95. The van der Waals surface area contributed by atoms with E-state index in [0.717, 1.165) is 50.9 Å². The zero-order valence-electron chi connectivity index (χ0n) is 19.0. The standard InChI is InChI=1S/C25H37N3O4/c29-23(19-31-18-20-7-2-1-3-8-20)27-12-14-28(15-13-27)24(21-9-4-5-10-21)25(30)26-17-22-11-6-16-32-22/h1-3,7-8,21-22,24H,4-6,9-19H2,(H,26,30)/t22-,24+/m0/s1. The van der Waals surface area contributed by atoms with Crippen LogP contribution in [0, 0.1) is 5.92 Å². The summed E-state index contributed by atoms with van der Waals surface area (Å²) < 4.78 is 11.3. The Morgan fingerprint density at radius 3 is 2.47 bits per heavy atom. The number of ether oxygens (including phenoxy) is 2. The van der Waals surface area contributed by atoms with Crippen LogP contribution in [0.2, 0.25) is 0 Å². The Bertz CT molecular complexity index is 724. The summed E-state index contributed by atoms with van der Waals surface area (Å²) in [5, 5.41) is 3.17. The quantitative estimate of drug-likeness (QED) is 0.634. The molecule has 2 saturated heterocycles. The van der Waals surface area contributed by atoms with Gasteiger partial charge in [0.25, 0.3) is 0 Å². The van der Waals surface area contributed by atoms with E-state index in [1.165, 1.54) is 12.8 Å². The molecule has 176 valence electrons. The molecule has 0 unspecified atom stereocenters. The summed E-state index contributed by atoms with van der Waals surface area (Å²) in [6, 6.07) is 9.81. The number of rotatable bonds is 9. The van der Waals surface area contributed by atoms with Gasteiger partial charge in [0.05, 0.1) is 18.8 Å². The van der Waals surface area contributed by atoms with Gasteiger partial charge in [0, 0.05) is 39.3 Å². The molecule has 2 heterocycles. The first-order valence-electron chi connectivity index (χ1n) is 12.2. The van der Waals surface area contributed by atoms with Gasteiger partial charge >= 0.3 is 0 Å². The molecule has 32 heavy (non-hydrogen) atoms. The molecule has 3 fully saturated rings. The molecule has 1 aliphatic carbocycles. The molecule has 1 aromatic rings. The minimum absolute atomic E-state index is 0.0285. The second kappa shape index (κ2) is 11.8. The van der Waals surface area contributed by atoms with Crippen LogP contribution in [0.15, 0.2) is 30.3 Å². The number of carbonyl (C=O) groups is 2. The Hall–Kier alpha value is -1.96. The van der Waals surface area contributed by atoms with E-state index < -0.39 is 0 Å². The molecule has 7 nitrogen and oxygen atoms in total. The maximum Gasteiger partial charge on any atom is 0.248 e. The van der Waals surface area contributed by atoms with Crippen LogP contribution in [0.5, 0.6) is 0 Å². The highest BCUT2D eigenvalue weighted by atomic mass is 16.5. The van der Waals surface area contributed by atoms with Crippen molar-refractivity contribution in [1.82, 2.24) is 15.1 Å². The first-order valence-corrected chi connectivity index (χ1v) is 12.2. The maximum atomic E-state index is 13.2. The Morgan fingerprint density at radius 1 is 1.03 bits per heavy atom. The average Bonchev–Trinajstić information content (AvgIpc) is 3.54. The lowest BCUT2D eigenvalue weighted by Crippen LogP contribution is -2.58. The van der Waals surface area contributed by atoms with Gasteiger partial charge in [-0.05, 0) is 37.2 Å². The first kappa shape index (κ1) is 23.2. The summed E-state index contributed by atoms with van der Waals surface area (Å²) >= 11 is 0. The van der Waals surface area contributed by atoms with Gasteiger partial charge in [-0.15, -0.1) is 0 Å². The zero-order valence-corrected chi connectivity index (χ0v) is 19.0. The smallest absolute Gasteiger partial charge is 0.248 e. The number of amides is 2. The summed E-state index contributed by atoms with van der Waals surface area (Å²) in [5.41, 5.74) is 1.07. The SMILES string of the molecule is O=C(NC[C@@H]1CCCO1)[C@@H](C1CCCC1)N1CCN(C(=O)COCc2ccccc2)CC1. The summed E-state index contributed by atoms with van der Waals surface area (Å²) in [4.78, 5) is 29.9. The second-order valence-corrected chi connectivity index (χ2v) is 9.26. The number of benzene rings is 1. The van der Waals surface area contributed by atoms with E-state index >= 15 is 0 Å². The van der Waals surface area contributed by atoms with Crippen molar-refractivity contribution >= 4 is 11.8 Å². The predicted molar refractivity (Wildman–Crippen MR) is 122 cm³/mol. The fourth-order valence-electron chi connectivity index (χ4n) is 5.25. The van der Waals surface area contributed by atoms with Crippen molar-refractivity contribution in [2.75, 3.05) is 45.9 Å². The Balaban J connectivity index is 1.24. The minimum Gasteiger partial charge on any atom is -0.376 e. The lowest BCUT2D eigenvalue weighted by molar-refractivity contribution is -0.140. The molecule has 7 heteroatoms. The van der Waals surface area contributed by atoms with E-state index in [-0.39, 0.29) is 30.6 Å². The molecule has 1 aromatic carbocycles. The molecule has 0 spiro atoms. The van der Waals surface area contributed by atoms with Crippen LogP contribution in [-0.4, -0.2) is 79.7 Å². The van der Waals surface area contributed by atoms with Gasteiger partial charge < -0.3 is 19.7 Å². The second-order valence-electron chi connectivity index (χ2n) is 9.26. The Morgan fingerprint density at radius 2 is 1.78 bits per heavy atom. The van der Waals surface area contributed by atoms with Crippen LogP contribution in [0.3, 0.4) is 0 Å². The Labute approximate surface area is 191 Å². The monoisotopic (exact) mass is 443 g/mol. The third kappa shape index (κ3) is 6.30. The van der Waals surface area contributed by atoms with Crippen molar-refractivity contribution in [2.24, 2.45) is 5.92 Å². The molecule has 2 amide bonds. The van der Waals surface area contributed by atoms with Gasteiger partial charge in [0.15, 0.2) is 0 Å². The molecule has 1 saturated carbocycles. The van der Waals surface area contributed by atoms with Gasteiger partial charge in [-0.1, -0.05) is 43.2 Å². The van der Waals surface area contributed by atoms with Crippen molar-refractivity contribution in [1.29, 1.82) is 0 Å². The molecule has 2 aliphatic heterocycles. The number of piperazine rings is 1. The molecule has 0 radical (unpaired) electrons. The summed E-state index contributed by atoms with van der Waals surface area (Å²) in [5.74, 6) is 0.579. The fraction of sp³-hybridized carbons (Fsp3) is 0.680. The van der Waals surface area contributed by atoms with Crippen LogP contribution in [0.4, 0.5) is 0 Å². The first-order chi connectivity index (χ1) is 15.7. The predicted octanol–water partition coefficient (Wildman–Crippen LogP) is 2.20. The van der Waals surface area contributed by atoms with E-state index in [2.05, 4.69) is 10.2 Å². The maximum absolute atomic E-state index is 13.2. The van der Waals surface area contributed by atoms with Crippen LogP contribution in [0.25, 0.3) is 0 Å². The zero-order chi connectivity index (χ0) is 22.2. The molecular weight excluding hydrogens is 406 g/mol. The highest BCUT2D eigenvalue weighted by molar-refractivity contribution is 5.82. The number of nitrogens with one attached hydrogen (secondary N) is 1. The Kier molecular flexibility index (Phi) is 8.54. The molecule has 1 N–H and O–H groups in total. The molecular formula is C25H37N3O4. The number of carbonyl (C=O) groups excluding carboxylic acids is 2. The van der Waals surface area contributed by atoms with Gasteiger partial charge in [0.1, 0.15) is 6.61 Å². The van der Waals surface area contributed by atoms with E-state index in [1.807, 2.05) is 35.2 Å². The van der Waals surface area contributed by atoms with Gasteiger partial charge in [-0.3, -0.25) is 14.5 Å². The van der Waals surface area contributed by atoms with Crippen molar-refractivity contribution in [3.63, 3.8) is 0 Å². The van der Waals surface area contributed by atoms with Crippen LogP contribution < -0.4 is 5.32 Å². The highest BCUT2D eigenvalue weighted by Gasteiger charge is 2.37. The lowest BCUT2D eigenvalue weighted by Gasteiger charge is -2.40. The highest BCUT2D eigenvalue weighted by Crippen LogP contribution is 2.31. The molecule has 4 rings (SSSR count). The summed E-state index contributed by atoms with van der Waals surface area (Å²) in [6.07, 6.45) is 6.91. The van der Waals surface area contributed by atoms with Crippen LogP contribution in [0.1, 0.15) is 44.1 Å². The largest absolute Gasteiger partial charge is 0.376 e. The van der Waals surface area contributed by atoms with Crippen molar-refractivity contribution < 1.29 is 19.1 Å². The molecule has 0 bridgehead atoms.